The first-order valence-corrected chi connectivity index (χ1v) is 8.68. The topological polar surface area (TPSA) is 67.3 Å². The second-order valence-electron chi connectivity index (χ2n) is 6.67. The minimum absolute atomic E-state index is 0.0307. The molecule has 1 amide bonds. The first-order chi connectivity index (χ1) is 12.6. The van der Waals surface area contributed by atoms with Crippen molar-refractivity contribution >= 4 is 16.8 Å². The lowest BCUT2D eigenvalue weighted by Crippen LogP contribution is -2.38. The third kappa shape index (κ3) is 2.77. The molecule has 0 spiro atoms. The number of hydrogen-bond acceptors (Lipinski definition) is 3. The van der Waals surface area contributed by atoms with E-state index in [1.165, 1.54) is 24.1 Å². The monoisotopic (exact) mass is 351 g/mol. The third-order valence-electron chi connectivity index (χ3n) is 5.07. The van der Waals surface area contributed by atoms with Crippen molar-refractivity contribution in [3.05, 3.63) is 63.7 Å². The van der Waals surface area contributed by atoms with E-state index in [9.17, 15) is 9.59 Å². The Balaban J connectivity index is 1.56. The van der Waals surface area contributed by atoms with Crippen molar-refractivity contribution in [1.29, 1.82) is 0 Å². The summed E-state index contributed by atoms with van der Waals surface area (Å²) in [5.41, 5.74) is 4.11. The largest absolute Gasteiger partial charge is 0.491 e. The minimum Gasteiger partial charge on any atom is -0.491 e. The molecule has 2 aromatic heterocycles. The van der Waals surface area contributed by atoms with Gasteiger partial charge >= 0.3 is 0 Å². The van der Waals surface area contributed by atoms with Gasteiger partial charge in [0.2, 0.25) is 11.3 Å². The first kappa shape index (κ1) is 16.4. The van der Waals surface area contributed by atoms with E-state index in [-0.39, 0.29) is 23.6 Å². The fourth-order valence-electron chi connectivity index (χ4n) is 3.63. The normalized spacial score (nSPS) is 13.7. The maximum absolute atomic E-state index is 12.8. The lowest BCUT2D eigenvalue weighted by atomic mass is 10.0. The molecule has 0 atom stereocenters. The molecule has 6 nitrogen and oxygen atoms in total. The van der Waals surface area contributed by atoms with Gasteiger partial charge in [-0.25, -0.2) is 0 Å². The Hall–Kier alpha value is -3.02. The fraction of sp³-hybridized carbons (Fsp3) is 0.300. The fourth-order valence-corrected chi connectivity index (χ4v) is 3.63. The summed E-state index contributed by atoms with van der Waals surface area (Å²) in [7, 11) is 1.46. The van der Waals surface area contributed by atoms with Crippen LogP contribution in [-0.2, 0) is 24.3 Å². The van der Waals surface area contributed by atoms with E-state index in [0.29, 0.717) is 13.1 Å². The van der Waals surface area contributed by atoms with Crippen molar-refractivity contribution in [1.82, 2.24) is 14.5 Å². The Morgan fingerprint density at radius 3 is 2.92 bits per heavy atom. The van der Waals surface area contributed by atoms with Crippen LogP contribution in [0.1, 0.15) is 17.0 Å². The number of aromatic nitrogens is 2. The van der Waals surface area contributed by atoms with Gasteiger partial charge in [-0.3, -0.25) is 9.59 Å². The number of ether oxygens (including phenoxy) is 1. The number of carbonyl (C=O) groups excluding carboxylic acids is 1. The zero-order valence-electron chi connectivity index (χ0n) is 14.9. The number of nitrogens with one attached hydrogen (secondary N) is 1. The summed E-state index contributed by atoms with van der Waals surface area (Å²) >= 11 is 0. The Morgan fingerprint density at radius 2 is 2.12 bits per heavy atom. The molecule has 0 bridgehead atoms. The van der Waals surface area contributed by atoms with E-state index >= 15 is 0 Å². The highest BCUT2D eigenvalue weighted by atomic mass is 16.5. The maximum Gasteiger partial charge on any atom is 0.242 e. The van der Waals surface area contributed by atoms with Crippen molar-refractivity contribution in [3.63, 3.8) is 0 Å². The number of fused-ring (bicyclic) bond motifs is 3. The first-order valence-electron chi connectivity index (χ1n) is 8.68. The number of pyridine rings is 1. The van der Waals surface area contributed by atoms with Crippen LogP contribution in [0.2, 0.25) is 0 Å². The molecular weight excluding hydrogens is 330 g/mol. The predicted molar refractivity (Wildman–Crippen MR) is 99.4 cm³/mol. The third-order valence-corrected chi connectivity index (χ3v) is 5.07. The molecule has 26 heavy (non-hydrogen) atoms. The van der Waals surface area contributed by atoms with Gasteiger partial charge in [-0.2, -0.15) is 0 Å². The number of hydrogen-bond donors (Lipinski definition) is 1. The molecule has 0 radical (unpaired) electrons. The second kappa shape index (κ2) is 6.37. The summed E-state index contributed by atoms with van der Waals surface area (Å²) < 4.78 is 6.85. The van der Waals surface area contributed by atoms with Gasteiger partial charge in [0, 0.05) is 34.9 Å². The van der Waals surface area contributed by atoms with Gasteiger partial charge in [-0.1, -0.05) is 18.2 Å². The highest BCUT2D eigenvalue weighted by Crippen LogP contribution is 2.27. The van der Waals surface area contributed by atoms with Gasteiger partial charge in [0.05, 0.1) is 19.9 Å². The molecule has 0 fully saturated rings. The van der Waals surface area contributed by atoms with Crippen LogP contribution < -0.4 is 10.2 Å². The number of aryl methyl sites for hydroxylation is 1. The van der Waals surface area contributed by atoms with E-state index in [0.717, 1.165) is 23.3 Å². The van der Waals surface area contributed by atoms with Crippen molar-refractivity contribution in [2.24, 2.45) is 0 Å². The molecule has 3 heterocycles. The van der Waals surface area contributed by atoms with Crippen LogP contribution in [-0.4, -0.2) is 34.0 Å². The lowest BCUT2D eigenvalue weighted by molar-refractivity contribution is -0.132. The molecule has 1 N–H and O–H groups in total. The van der Waals surface area contributed by atoms with Gasteiger partial charge in [0.15, 0.2) is 5.75 Å². The highest BCUT2D eigenvalue weighted by molar-refractivity contribution is 5.85. The molecule has 1 aliphatic rings. The van der Waals surface area contributed by atoms with Crippen LogP contribution >= 0.6 is 0 Å². The van der Waals surface area contributed by atoms with E-state index in [2.05, 4.69) is 17.1 Å². The van der Waals surface area contributed by atoms with E-state index in [4.69, 9.17) is 4.74 Å². The number of rotatable bonds is 3. The SMILES string of the molecule is COc1cn(CC(=O)N2CCc3c([nH]c4ccccc34)C2)c(C)cc1=O. The molecular formula is C20H21N3O3. The summed E-state index contributed by atoms with van der Waals surface area (Å²) in [5, 5.41) is 1.25. The molecule has 1 aliphatic heterocycles. The molecule has 0 saturated carbocycles. The maximum atomic E-state index is 12.8. The van der Waals surface area contributed by atoms with Gasteiger partial charge in [-0.15, -0.1) is 0 Å². The van der Waals surface area contributed by atoms with Crippen LogP contribution in [0.4, 0.5) is 0 Å². The summed E-state index contributed by atoms with van der Waals surface area (Å²) in [6.45, 7) is 3.29. The number of benzene rings is 1. The average molecular weight is 351 g/mol. The number of para-hydroxylation sites is 1. The molecule has 0 saturated heterocycles. The number of H-pyrrole nitrogens is 1. The average Bonchev–Trinajstić information content (AvgIpc) is 3.01. The molecule has 0 aliphatic carbocycles. The standard InChI is InChI=1S/C20H21N3O3/c1-13-9-18(24)19(26-2)11-23(13)12-20(25)22-8-7-15-14-5-3-4-6-16(14)21-17(15)10-22/h3-6,9,11,21H,7-8,10,12H2,1-2H3. The van der Waals surface area contributed by atoms with Crippen LogP contribution in [0.3, 0.4) is 0 Å². The number of amides is 1. The summed E-state index contributed by atoms with van der Waals surface area (Å²) in [4.78, 5) is 29.9. The lowest BCUT2D eigenvalue weighted by Gasteiger charge is -2.28. The van der Waals surface area contributed by atoms with Crippen LogP contribution in [0.15, 0.2) is 41.3 Å². The smallest absolute Gasteiger partial charge is 0.242 e. The zero-order valence-corrected chi connectivity index (χ0v) is 14.9. The van der Waals surface area contributed by atoms with Crippen molar-refractivity contribution in [2.45, 2.75) is 26.4 Å². The second-order valence-corrected chi connectivity index (χ2v) is 6.67. The molecule has 4 rings (SSSR count). The Labute approximate surface area is 151 Å². The quantitative estimate of drug-likeness (QED) is 0.787. The Kier molecular flexibility index (Phi) is 4.03. The number of aromatic amines is 1. The Morgan fingerprint density at radius 1 is 1.31 bits per heavy atom. The molecule has 1 aromatic carbocycles. The summed E-state index contributed by atoms with van der Waals surface area (Å²) in [6.07, 6.45) is 2.45. The van der Waals surface area contributed by atoms with Crippen molar-refractivity contribution in [3.8, 4) is 5.75 Å². The Bertz CT molecular complexity index is 1050. The predicted octanol–water partition coefficient (Wildman–Crippen LogP) is 2.23. The molecule has 3 aromatic rings. The van der Waals surface area contributed by atoms with E-state index < -0.39 is 0 Å². The van der Waals surface area contributed by atoms with Gasteiger partial charge in [0.1, 0.15) is 6.54 Å². The summed E-state index contributed by atoms with van der Waals surface area (Å²) in [6, 6.07) is 9.74. The van der Waals surface area contributed by atoms with E-state index in [1.54, 1.807) is 10.8 Å². The molecule has 134 valence electrons. The zero-order chi connectivity index (χ0) is 18.3. The minimum atomic E-state index is -0.172. The number of nitrogens with zero attached hydrogens (tertiary/aromatic N) is 2. The van der Waals surface area contributed by atoms with Crippen LogP contribution in [0, 0.1) is 6.92 Å². The molecule has 6 heteroatoms. The molecule has 0 unspecified atom stereocenters. The van der Waals surface area contributed by atoms with Gasteiger partial charge < -0.3 is 19.2 Å². The van der Waals surface area contributed by atoms with Gasteiger partial charge in [-0.05, 0) is 25.0 Å². The van der Waals surface area contributed by atoms with Crippen molar-refractivity contribution in [2.75, 3.05) is 13.7 Å². The van der Waals surface area contributed by atoms with Crippen molar-refractivity contribution < 1.29 is 9.53 Å². The van der Waals surface area contributed by atoms with E-state index in [1.807, 2.05) is 24.0 Å². The van der Waals surface area contributed by atoms with Gasteiger partial charge in [0.25, 0.3) is 0 Å². The number of methoxy groups -OCH3 is 1. The van der Waals surface area contributed by atoms with Crippen LogP contribution in [0.25, 0.3) is 10.9 Å². The number of carbonyl (C=O) groups is 1. The van der Waals surface area contributed by atoms with Crippen LogP contribution in [0.5, 0.6) is 5.75 Å². The summed E-state index contributed by atoms with van der Waals surface area (Å²) in [5.74, 6) is 0.281. The highest BCUT2D eigenvalue weighted by Gasteiger charge is 2.24.